The topological polar surface area (TPSA) is 108 Å². The summed E-state index contributed by atoms with van der Waals surface area (Å²) < 4.78 is 0. The van der Waals surface area contributed by atoms with Crippen molar-refractivity contribution in [3.8, 4) is 0 Å². The van der Waals surface area contributed by atoms with Crippen molar-refractivity contribution >= 4 is 29.4 Å². The normalized spacial score (nSPS) is 21.9. The molecule has 0 bridgehead atoms. The first kappa shape index (κ1) is 15.2. The lowest BCUT2D eigenvalue weighted by atomic mass is 9.85. The van der Waals surface area contributed by atoms with Crippen molar-refractivity contribution in [3.63, 3.8) is 0 Å². The summed E-state index contributed by atoms with van der Waals surface area (Å²) in [6, 6.07) is 2.96. The van der Waals surface area contributed by atoms with Gasteiger partial charge in [-0.2, -0.15) is 0 Å². The van der Waals surface area contributed by atoms with Gasteiger partial charge in [0.1, 0.15) is 5.69 Å². The Morgan fingerprint density at radius 1 is 1.19 bits per heavy atom. The summed E-state index contributed by atoms with van der Waals surface area (Å²) in [4.78, 5) is 39.7. The van der Waals surface area contributed by atoms with Gasteiger partial charge in [0.25, 0.3) is 5.91 Å². The van der Waals surface area contributed by atoms with E-state index in [-0.39, 0.29) is 25.2 Å². The average Bonchev–Trinajstić information content (AvgIpc) is 2.46. The molecule has 7 nitrogen and oxygen atoms in total. The molecule has 112 valence electrons. The molecule has 0 radical (unpaired) electrons. The Morgan fingerprint density at radius 2 is 1.86 bits per heavy atom. The maximum atomic E-state index is 12.2. The number of aromatic nitrogens is 1. The van der Waals surface area contributed by atoms with Crippen LogP contribution in [-0.2, 0) is 9.59 Å². The van der Waals surface area contributed by atoms with Gasteiger partial charge in [-0.3, -0.25) is 14.4 Å². The molecular formula is C13H13ClN2O5. The fraction of sp³-hybridized carbons (Fsp3) is 0.385. The van der Waals surface area contributed by atoms with Gasteiger partial charge in [0.2, 0.25) is 0 Å². The molecule has 2 atom stereocenters. The lowest BCUT2D eigenvalue weighted by Crippen LogP contribution is -2.48. The van der Waals surface area contributed by atoms with Gasteiger partial charge < -0.3 is 15.1 Å². The summed E-state index contributed by atoms with van der Waals surface area (Å²) in [5.41, 5.74) is 0.150. The first-order valence-corrected chi connectivity index (χ1v) is 6.64. The molecule has 1 aromatic heterocycles. The summed E-state index contributed by atoms with van der Waals surface area (Å²) in [5, 5.41) is 18.6. The highest BCUT2D eigenvalue weighted by molar-refractivity contribution is 6.30. The van der Waals surface area contributed by atoms with Crippen LogP contribution in [0.5, 0.6) is 0 Å². The number of likely N-dealkylation sites (tertiary alicyclic amines) is 1. The van der Waals surface area contributed by atoms with Crippen molar-refractivity contribution in [2.75, 3.05) is 13.1 Å². The second-order valence-corrected chi connectivity index (χ2v) is 5.23. The number of piperidine rings is 1. The summed E-state index contributed by atoms with van der Waals surface area (Å²) in [7, 11) is 0. The highest BCUT2D eigenvalue weighted by atomic mass is 35.5. The highest BCUT2D eigenvalue weighted by Gasteiger charge is 2.40. The number of carbonyl (C=O) groups excluding carboxylic acids is 1. The van der Waals surface area contributed by atoms with Crippen molar-refractivity contribution in [2.45, 2.75) is 6.42 Å². The predicted octanol–water partition coefficient (Wildman–Crippen LogP) is 0.983. The second kappa shape index (κ2) is 6.09. The van der Waals surface area contributed by atoms with E-state index in [0.717, 1.165) is 0 Å². The van der Waals surface area contributed by atoms with Crippen molar-refractivity contribution in [2.24, 2.45) is 11.8 Å². The van der Waals surface area contributed by atoms with Crippen molar-refractivity contribution in [3.05, 3.63) is 29.0 Å². The largest absolute Gasteiger partial charge is 0.481 e. The first-order valence-electron chi connectivity index (χ1n) is 6.26. The number of hydrogen-bond donors (Lipinski definition) is 2. The molecule has 0 saturated carbocycles. The summed E-state index contributed by atoms with van der Waals surface area (Å²) in [6.07, 6.45) is 1.43. The fourth-order valence-electron chi connectivity index (χ4n) is 2.35. The average molecular weight is 313 g/mol. The predicted molar refractivity (Wildman–Crippen MR) is 72.0 cm³/mol. The Hall–Kier alpha value is -2.15. The number of hydrogen-bond acceptors (Lipinski definition) is 4. The Balaban J connectivity index is 2.15. The Bertz CT molecular complexity index is 574. The molecule has 1 aliphatic rings. The van der Waals surface area contributed by atoms with Gasteiger partial charge in [-0.05, 0) is 18.6 Å². The summed E-state index contributed by atoms with van der Waals surface area (Å²) >= 11 is 5.69. The SMILES string of the molecule is O=C(O)C1CCN(C(=O)c2ccc(Cl)cn2)CC1C(=O)O. The monoisotopic (exact) mass is 312 g/mol. The molecule has 2 unspecified atom stereocenters. The zero-order valence-corrected chi connectivity index (χ0v) is 11.7. The van der Waals surface area contributed by atoms with E-state index in [4.69, 9.17) is 21.8 Å². The zero-order chi connectivity index (χ0) is 15.6. The molecule has 2 N–H and O–H groups in total. The minimum atomic E-state index is -1.22. The smallest absolute Gasteiger partial charge is 0.309 e. The van der Waals surface area contributed by atoms with Gasteiger partial charge in [-0.15, -0.1) is 0 Å². The number of aliphatic carboxylic acids is 2. The molecule has 0 aliphatic carbocycles. The lowest BCUT2D eigenvalue weighted by molar-refractivity contribution is -0.156. The molecule has 21 heavy (non-hydrogen) atoms. The summed E-state index contributed by atoms with van der Waals surface area (Å²) in [5.74, 6) is -4.90. The van der Waals surface area contributed by atoms with E-state index in [1.165, 1.54) is 23.2 Å². The van der Waals surface area contributed by atoms with Gasteiger partial charge in [0, 0.05) is 19.3 Å². The quantitative estimate of drug-likeness (QED) is 0.861. The Labute approximate surface area is 125 Å². The van der Waals surface area contributed by atoms with Crippen LogP contribution >= 0.6 is 11.6 Å². The molecule has 1 amide bonds. The fourth-order valence-corrected chi connectivity index (χ4v) is 2.46. The molecule has 1 aliphatic heterocycles. The van der Waals surface area contributed by atoms with Gasteiger partial charge in [-0.1, -0.05) is 11.6 Å². The highest BCUT2D eigenvalue weighted by Crippen LogP contribution is 2.25. The third-order valence-corrected chi connectivity index (χ3v) is 3.70. The minimum absolute atomic E-state index is 0.103. The van der Waals surface area contributed by atoms with Crippen LogP contribution in [0, 0.1) is 11.8 Å². The summed E-state index contributed by atoms with van der Waals surface area (Å²) in [6.45, 7) is 0.0410. The third-order valence-electron chi connectivity index (χ3n) is 3.48. The molecule has 1 saturated heterocycles. The number of rotatable bonds is 3. The van der Waals surface area contributed by atoms with Gasteiger partial charge in [0.15, 0.2) is 0 Å². The Morgan fingerprint density at radius 3 is 2.38 bits per heavy atom. The molecule has 1 aromatic rings. The van der Waals surface area contributed by atoms with E-state index in [9.17, 15) is 14.4 Å². The maximum absolute atomic E-state index is 12.2. The first-order chi connectivity index (χ1) is 9.90. The Kier molecular flexibility index (Phi) is 4.42. The number of halogens is 1. The molecule has 8 heteroatoms. The maximum Gasteiger partial charge on any atom is 0.309 e. The van der Waals surface area contributed by atoms with Crippen molar-refractivity contribution < 1.29 is 24.6 Å². The molecule has 2 rings (SSSR count). The van der Waals surface area contributed by atoms with Crippen molar-refractivity contribution in [1.82, 2.24) is 9.88 Å². The van der Waals surface area contributed by atoms with Crippen LogP contribution in [-0.4, -0.2) is 51.0 Å². The van der Waals surface area contributed by atoms with Crippen LogP contribution in [0.15, 0.2) is 18.3 Å². The number of carboxylic acids is 2. The van der Waals surface area contributed by atoms with Crippen molar-refractivity contribution in [1.29, 1.82) is 0 Å². The molecule has 0 spiro atoms. The zero-order valence-electron chi connectivity index (χ0n) is 10.9. The third kappa shape index (κ3) is 3.30. The number of amides is 1. The number of carboxylic acid groups (broad SMARTS) is 2. The lowest BCUT2D eigenvalue weighted by Gasteiger charge is -2.34. The van der Waals surface area contributed by atoms with Crippen LogP contribution in [0.1, 0.15) is 16.9 Å². The molecule has 0 aromatic carbocycles. The molecular weight excluding hydrogens is 300 g/mol. The number of nitrogens with zero attached hydrogens (tertiary/aromatic N) is 2. The van der Waals surface area contributed by atoms with Gasteiger partial charge >= 0.3 is 11.9 Å². The van der Waals surface area contributed by atoms with E-state index in [1.807, 2.05) is 0 Å². The van der Waals surface area contributed by atoms with Crippen LogP contribution < -0.4 is 0 Å². The molecule has 2 heterocycles. The van der Waals surface area contributed by atoms with Crippen LogP contribution in [0.4, 0.5) is 0 Å². The van der Waals surface area contributed by atoms with Gasteiger partial charge in [0.05, 0.1) is 16.9 Å². The molecule has 1 fully saturated rings. The van der Waals surface area contributed by atoms with Crippen LogP contribution in [0.3, 0.4) is 0 Å². The van der Waals surface area contributed by atoms with Crippen LogP contribution in [0.2, 0.25) is 5.02 Å². The van der Waals surface area contributed by atoms with E-state index in [2.05, 4.69) is 4.98 Å². The van der Waals surface area contributed by atoms with E-state index >= 15 is 0 Å². The van der Waals surface area contributed by atoms with E-state index in [1.54, 1.807) is 0 Å². The second-order valence-electron chi connectivity index (χ2n) is 4.79. The van der Waals surface area contributed by atoms with E-state index < -0.39 is 29.7 Å². The van der Waals surface area contributed by atoms with Crippen LogP contribution in [0.25, 0.3) is 0 Å². The van der Waals surface area contributed by atoms with Gasteiger partial charge in [-0.25, -0.2) is 4.98 Å². The standard InChI is InChI=1S/C13H13ClN2O5/c14-7-1-2-10(15-5-7)11(17)16-4-3-8(12(18)19)9(6-16)13(20)21/h1-2,5,8-9H,3-4,6H2,(H,18,19)(H,20,21). The van der Waals surface area contributed by atoms with E-state index in [0.29, 0.717) is 5.02 Å². The minimum Gasteiger partial charge on any atom is -0.481 e. The number of carbonyl (C=O) groups is 3. The number of pyridine rings is 1.